The van der Waals surface area contributed by atoms with Crippen LogP contribution in [0.4, 0.5) is 0 Å². The summed E-state index contributed by atoms with van der Waals surface area (Å²) in [7, 11) is 0. The van der Waals surface area contributed by atoms with Crippen molar-refractivity contribution < 1.29 is 9.59 Å². The predicted molar refractivity (Wildman–Crippen MR) is 68.1 cm³/mol. The van der Waals surface area contributed by atoms with Crippen LogP contribution in [-0.2, 0) is 9.59 Å². The molecule has 0 aromatic heterocycles. The lowest BCUT2D eigenvalue weighted by atomic mass is 10.1. The zero-order valence-electron chi connectivity index (χ0n) is 11.1. The van der Waals surface area contributed by atoms with E-state index in [2.05, 4.69) is 0 Å². The van der Waals surface area contributed by atoms with Gasteiger partial charge in [0, 0.05) is 6.54 Å². The maximum Gasteiger partial charge on any atom is 0.239 e. The Morgan fingerprint density at radius 3 is 2.29 bits per heavy atom. The first-order valence-electron chi connectivity index (χ1n) is 6.21. The summed E-state index contributed by atoms with van der Waals surface area (Å²) in [5.41, 5.74) is 10.9. The average molecular weight is 243 g/mol. The van der Waals surface area contributed by atoms with Gasteiger partial charge in [0.1, 0.15) is 0 Å². The zero-order valence-corrected chi connectivity index (χ0v) is 11.1. The molecule has 5 heteroatoms. The average Bonchev–Trinajstić information content (AvgIpc) is 2.22. The molecule has 0 bridgehead atoms. The number of unbranched alkanes of at least 4 members (excludes halogenated alkanes) is 1. The second-order valence-electron chi connectivity index (χ2n) is 4.83. The third-order valence-corrected chi connectivity index (χ3v) is 2.43. The van der Waals surface area contributed by atoms with Gasteiger partial charge in [0.2, 0.25) is 11.8 Å². The highest BCUT2D eigenvalue weighted by Gasteiger charge is 2.22. The molecule has 5 nitrogen and oxygen atoms in total. The molecule has 0 spiro atoms. The largest absolute Gasteiger partial charge is 0.368 e. The summed E-state index contributed by atoms with van der Waals surface area (Å²) in [5.74, 6) is -0.385. The SMILES string of the molecule is CCCC[C@H](N)C(=O)N(CC(N)=O)CC(C)C. The van der Waals surface area contributed by atoms with E-state index in [4.69, 9.17) is 11.5 Å². The topological polar surface area (TPSA) is 89.4 Å². The van der Waals surface area contributed by atoms with E-state index >= 15 is 0 Å². The molecule has 0 aliphatic carbocycles. The summed E-state index contributed by atoms with van der Waals surface area (Å²) in [4.78, 5) is 24.4. The van der Waals surface area contributed by atoms with Crippen molar-refractivity contribution in [1.82, 2.24) is 4.90 Å². The van der Waals surface area contributed by atoms with Crippen molar-refractivity contribution in [2.45, 2.75) is 46.1 Å². The Hall–Kier alpha value is -1.10. The first kappa shape index (κ1) is 15.9. The van der Waals surface area contributed by atoms with E-state index in [0.717, 1.165) is 12.8 Å². The lowest BCUT2D eigenvalue weighted by molar-refractivity contribution is -0.137. The minimum Gasteiger partial charge on any atom is -0.368 e. The van der Waals surface area contributed by atoms with Crippen LogP contribution in [0.2, 0.25) is 0 Å². The van der Waals surface area contributed by atoms with E-state index in [9.17, 15) is 9.59 Å². The molecular weight excluding hydrogens is 218 g/mol. The van der Waals surface area contributed by atoms with Gasteiger partial charge in [-0.2, -0.15) is 0 Å². The van der Waals surface area contributed by atoms with Crippen molar-refractivity contribution in [2.24, 2.45) is 17.4 Å². The van der Waals surface area contributed by atoms with Crippen molar-refractivity contribution in [1.29, 1.82) is 0 Å². The molecule has 0 saturated heterocycles. The zero-order chi connectivity index (χ0) is 13.4. The van der Waals surface area contributed by atoms with Crippen LogP contribution in [0.25, 0.3) is 0 Å². The standard InChI is InChI=1S/C12H25N3O2/c1-4-5-6-10(13)12(17)15(7-9(2)3)8-11(14)16/h9-10H,4-8,13H2,1-3H3,(H2,14,16)/t10-/m0/s1. The smallest absolute Gasteiger partial charge is 0.239 e. The predicted octanol–water partition coefficient (Wildman–Crippen LogP) is 0.474. The monoisotopic (exact) mass is 243 g/mol. The van der Waals surface area contributed by atoms with Gasteiger partial charge in [-0.05, 0) is 12.3 Å². The van der Waals surface area contributed by atoms with Gasteiger partial charge in [-0.15, -0.1) is 0 Å². The van der Waals surface area contributed by atoms with Gasteiger partial charge in [0.05, 0.1) is 12.6 Å². The fraction of sp³-hybridized carbons (Fsp3) is 0.833. The summed E-state index contributed by atoms with van der Waals surface area (Å²) >= 11 is 0. The Labute approximate surface area is 104 Å². The van der Waals surface area contributed by atoms with E-state index in [0.29, 0.717) is 13.0 Å². The highest BCUT2D eigenvalue weighted by atomic mass is 16.2. The number of carbonyl (C=O) groups excluding carboxylic acids is 2. The van der Waals surface area contributed by atoms with E-state index in [1.165, 1.54) is 4.90 Å². The number of rotatable bonds is 8. The Balaban J connectivity index is 4.44. The molecule has 0 heterocycles. The van der Waals surface area contributed by atoms with Crippen molar-refractivity contribution >= 4 is 11.8 Å². The van der Waals surface area contributed by atoms with Crippen molar-refractivity contribution in [3.63, 3.8) is 0 Å². The highest BCUT2D eigenvalue weighted by molar-refractivity contribution is 5.86. The van der Waals surface area contributed by atoms with Crippen LogP contribution in [-0.4, -0.2) is 35.8 Å². The fourth-order valence-electron chi connectivity index (χ4n) is 1.64. The van der Waals surface area contributed by atoms with Crippen LogP contribution < -0.4 is 11.5 Å². The van der Waals surface area contributed by atoms with Gasteiger partial charge in [0.15, 0.2) is 0 Å². The molecule has 0 aliphatic rings. The second kappa shape index (κ2) is 8.06. The summed E-state index contributed by atoms with van der Waals surface area (Å²) < 4.78 is 0. The number of primary amides is 1. The van der Waals surface area contributed by atoms with Crippen LogP contribution in [0.5, 0.6) is 0 Å². The molecule has 1 atom stereocenters. The molecule has 0 fully saturated rings. The normalized spacial score (nSPS) is 12.5. The molecule has 100 valence electrons. The third-order valence-electron chi connectivity index (χ3n) is 2.43. The van der Waals surface area contributed by atoms with E-state index in [1.54, 1.807) is 0 Å². The summed E-state index contributed by atoms with van der Waals surface area (Å²) in [6.45, 7) is 6.49. The molecule has 17 heavy (non-hydrogen) atoms. The molecule has 4 N–H and O–H groups in total. The number of nitrogens with two attached hydrogens (primary N) is 2. The number of hydrogen-bond acceptors (Lipinski definition) is 3. The van der Waals surface area contributed by atoms with Crippen LogP contribution >= 0.6 is 0 Å². The maximum atomic E-state index is 12.0. The number of nitrogens with zero attached hydrogens (tertiary/aromatic N) is 1. The highest BCUT2D eigenvalue weighted by Crippen LogP contribution is 2.05. The molecule has 0 aliphatic heterocycles. The van der Waals surface area contributed by atoms with Crippen molar-refractivity contribution in [3.8, 4) is 0 Å². The Kier molecular flexibility index (Phi) is 7.54. The summed E-state index contributed by atoms with van der Waals surface area (Å²) in [6.07, 6.45) is 2.57. The molecule has 0 unspecified atom stereocenters. The van der Waals surface area contributed by atoms with Gasteiger partial charge in [-0.25, -0.2) is 0 Å². The van der Waals surface area contributed by atoms with Crippen LogP contribution in [0, 0.1) is 5.92 Å². The first-order chi connectivity index (χ1) is 7.88. The van der Waals surface area contributed by atoms with Crippen molar-refractivity contribution in [2.75, 3.05) is 13.1 Å². The number of amides is 2. The Bertz CT molecular complexity index is 254. The van der Waals surface area contributed by atoms with Gasteiger partial charge in [0.25, 0.3) is 0 Å². The van der Waals surface area contributed by atoms with Crippen LogP contribution in [0.3, 0.4) is 0 Å². The minimum atomic E-state index is -0.520. The molecule has 0 radical (unpaired) electrons. The van der Waals surface area contributed by atoms with E-state index in [1.807, 2.05) is 20.8 Å². The first-order valence-corrected chi connectivity index (χ1v) is 6.21. The van der Waals surface area contributed by atoms with Gasteiger partial charge >= 0.3 is 0 Å². The molecule has 2 amide bonds. The lowest BCUT2D eigenvalue weighted by Crippen LogP contribution is -2.48. The minimum absolute atomic E-state index is 0.0448. The fourth-order valence-corrected chi connectivity index (χ4v) is 1.64. The Morgan fingerprint density at radius 2 is 1.88 bits per heavy atom. The maximum absolute atomic E-state index is 12.0. The van der Waals surface area contributed by atoms with Crippen LogP contribution in [0.1, 0.15) is 40.0 Å². The molecule has 0 rings (SSSR count). The third kappa shape index (κ3) is 6.94. The van der Waals surface area contributed by atoms with Gasteiger partial charge in [-0.3, -0.25) is 9.59 Å². The van der Waals surface area contributed by atoms with E-state index in [-0.39, 0.29) is 18.4 Å². The molecular formula is C12H25N3O2. The van der Waals surface area contributed by atoms with Crippen molar-refractivity contribution in [3.05, 3.63) is 0 Å². The van der Waals surface area contributed by atoms with Crippen LogP contribution in [0.15, 0.2) is 0 Å². The number of carbonyl (C=O) groups is 2. The second-order valence-corrected chi connectivity index (χ2v) is 4.83. The number of hydrogen-bond donors (Lipinski definition) is 2. The Morgan fingerprint density at radius 1 is 1.29 bits per heavy atom. The van der Waals surface area contributed by atoms with Gasteiger partial charge in [-0.1, -0.05) is 33.6 Å². The molecule has 0 saturated carbocycles. The summed E-state index contributed by atoms with van der Waals surface area (Å²) in [6, 6.07) is -0.520. The summed E-state index contributed by atoms with van der Waals surface area (Å²) in [5, 5.41) is 0. The molecule has 0 aromatic carbocycles. The van der Waals surface area contributed by atoms with Gasteiger partial charge < -0.3 is 16.4 Å². The molecule has 0 aromatic rings. The lowest BCUT2D eigenvalue weighted by Gasteiger charge is -2.26. The van der Waals surface area contributed by atoms with E-state index < -0.39 is 11.9 Å². The quantitative estimate of drug-likeness (QED) is 0.649.